The van der Waals surface area contributed by atoms with Crippen molar-refractivity contribution in [3.63, 3.8) is 0 Å². The van der Waals surface area contributed by atoms with Gasteiger partial charge in [0.15, 0.2) is 0 Å². The van der Waals surface area contributed by atoms with Crippen LogP contribution in [0.4, 0.5) is 10.1 Å². The zero-order valence-electron chi connectivity index (χ0n) is 22.8. The maximum absolute atomic E-state index is 14.7. The first-order valence-corrected chi connectivity index (χ1v) is 14.8. The number of hydrogen-bond acceptors (Lipinski definition) is 4. The molecular weight excluding hydrogens is 517 g/mol. The highest BCUT2D eigenvalue weighted by molar-refractivity contribution is 7.92. The van der Waals surface area contributed by atoms with E-state index in [-0.39, 0.29) is 30.6 Å². The first kappa shape index (κ1) is 29.8. The first-order valence-electron chi connectivity index (χ1n) is 12.9. The summed E-state index contributed by atoms with van der Waals surface area (Å²) in [7, 11) is -4.03. The Morgan fingerprint density at radius 2 is 1.56 bits per heavy atom. The zero-order chi connectivity index (χ0) is 28.6. The van der Waals surface area contributed by atoms with Crippen LogP contribution in [0.5, 0.6) is 0 Å². The number of halogens is 1. The van der Waals surface area contributed by atoms with Crippen LogP contribution in [0, 0.1) is 12.7 Å². The van der Waals surface area contributed by atoms with Crippen molar-refractivity contribution in [2.75, 3.05) is 17.1 Å². The van der Waals surface area contributed by atoms with Gasteiger partial charge in [0.1, 0.15) is 18.4 Å². The Hall–Kier alpha value is -3.72. The number of nitrogens with one attached hydrogen (secondary N) is 1. The molecule has 1 N–H and O–H groups in total. The number of carbonyl (C=O) groups is 2. The lowest BCUT2D eigenvalue weighted by Crippen LogP contribution is -2.54. The van der Waals surface area contributed by atoms with Crippen LogP contribution in [-0.4, -0.2) is 50.0 Å². The Morgan fingerprint density at radius 1 is 0.949 bits per heavy atom. The SMILES string of the molecule is CCC(C)NC(=O)C(Cc1ccccc1)N(Cc1ccccc1C)C(=O)CN(c1ccccc1F)S(C)(=O)=O. The van der Waals surface area contributed by atoms with Crippen molar-refractivity contribution in [3.05, 3.63) is 101 Å². The molecule has 0 bridgehead atoms. The predicted molar refractivity (Wildman–Crippen MR) is 152 cm³/mol. The molecule has 3 aromatic carbocycles. The van der Waals surface area contributed by atoms with Crippen molar-refractivity contribution in [1.29, 1.82) is 0 Å². The number of aryl methyl sites for hydroxylation is 1. The van der Waals surface area contributed by atoms with Crippen LogP contribution in [0.15, 0.2) is 78.9 Å². The Kier molecular flexibility index (Phi) is 10.2. The van der Waals surface area contributed by atoms with Gasteiger partial charge in [0.05, 0.1) is 11.9 Å². The van der Waals surface area contributed by atoms with E-state index in [0.717, 1.165) is 33.3 Å². The predicted octanol–water partition coefficient (Wildman–Crippen LogP) is 4.45. The number of sulfonamides is 1. The van der Waals surface area contributed by atoms with Crippen molar-refractivity contribution in [2.45, 2.75) is 52.2 Å². The zero-order valence-corrected chi connectivity index (χ0v) is 23.6. The van der Waals surface area contributed by atoms with Crippen LogP contribution in [0.1, 0.15) is 37.0 Å². The Labute approximate surface area is 230 Å². The first-order chi connectivity index (χ1) is 18.5. The number of benzene rings is 3. The van der Waals surface area contributed by atoms with Gasteiger partial charge in [-0.05, 0) is 49.1 Å². The van der Waals surface area contributed by atoms with Crippen molar-refractivity contribution < 1.29 is 22.4 Å². The van der Waals surface area contributed by atoms with Gasteiger partial charge in [-0.3, -0.25) is 13.9 Å². The lowest BCUT2D eigenvalue weighted by molar-refractivity contribution is -0.140. The number of rotatable bonds is 12. The average molecular weight is 554 g/mol. The molecule has 3 aromatic rings. The van der Waals surface area contributed by atoms with Gasteiger partial charge in [-0.1, -0.05) is 73.7 Å². The topological polar surface area (TPSA) is 86.8 Å². The molecule has 2 unspecified atom stereocenters. The monoisotopic (exact) mass is 553 g/mol. The molecule has 9 heteroatoms. The van der Waals surface area contributed by atoms with Crippen LogP contribution in [-0.2, 0) is 32.6 Å². The highest BCUT2D eigenvalue weighted by atomic mass is 32.2. The molecule has 0 heterocycles. The third-order valence-electron chi connectivity index (χ3n) is 6.67. The molecule has 0 radical (unpaired) electrons. The summed E-state index contributed by atoms with van der Waals surface area (Å²) < 4.78 is 40.9. The summed E-state index contributed by atoms with van der Waals surface area (Å²) in [6.45, 7) is 5.16. The molecule has 0 aliphatic carbocycles. The average Bonchev–Trinajstić information content (AvgIpc) is 2.90. The molecule has 7 nitrogen and oxygen atoms in total. The normalized spacial score (nSPS) is 12.8. The fraction of sp³-hybridized carbons (Fsp3) is 0.333. The molecule has 39 heavy (non-hydrogen) atoms. The van der Waals surface area contributed by atoms with E-state index in [1.54, 1.807) is 0 Å². The molecule has 208 valence electrons. The molecule has 3 rings (SSSR count). The van der Waals surface area contributed by atoms with Crippen LogP contribution >= 0.6 is 0 Å². The van der Waals surface area contributed by atoms with E-state index >= 15 is 0 Å². The molecule has 0 saturated carbocycles. The minimum atomic E-state index is -4.03. The third kappa shape index (κ3) is 8.13. The molecule has 0 aliphatic heterocycles. The van der Waals surface area contributed by atoms with Gasteiger partial charge in [-0.15, -0.1) is 0 Å². The van der Waals surface area contributed by atoms with E-state index in [0.29, 0.717) is 6.42 Å². The second-order valence-corrected chi connectivity index (χ2v) is 11.6. The van der Waals surface area contributed by atoms with E-state index in [4.69, 9.17) is 0 Å². The summed E-state index contributed by atoms with van der Waals surface area (Å²) in [6.07, 6.45) is 1.85. The van der Waals surface area contributed by atoms with E-state index in [2.05, 4.69) is 5.32 Å². The molecule has 2 atom stereocenters. The summed E-state index contributed by atoms with van der Waals surface area (Å²) in [5, 5.41) is 2.99. The van der Waals surface area contributed by atoms with Crippen LogP contribution < -0.4 is 9.62 Å². The fourth-order valence-electron chi connectivity index (χ4n) is 4.21. The summed E-state index contributed by atoms with van der Waals surface area (Å²) in [6, 6.07) is 21.2. The molecule has 0 spiro atoms. The van der Waals surface area contributed by atoms with Gasteiger partial charge in [-0.2, -0.15) is 0 Å². The molecule has 0 saturated heterocycles. The van der Waals surface area contributed by atoms with E-state index in [1.807, 2.05) is 75.4 Å². The highest BCUT2D eigenvalue weighted by Gasteiger charge is 2.34. The quantitative estimate of drug-likeness (QED) is 0.359. The minimum Gasteiger partial charge on any atom is -0.352 e. The van der Waals surface area contributed by atoms with Crippen molar-refractivity contribution in [3.8, 4) is 0 Å². The van der Waals surface area contributed by atoms with Crippen molar-refractivity contribution >= 4 is 27.5 Å². The smallest absolute Gasteiger partial charge is 0.244 e. The third-order valence-corrected chi connectivity index (χ3v) is 7.80. The Morgan fingerprint density at radius 3 is 2.18 bits per heavy atom. The number of carbonyl (C=O) groups excluding carboxylic acids is 2. The van der Waals surface area contributed by atoms with Crippen molar-refractivity contribution in [1.82, 2.24) is 10.2 Å². The maximum Gasteiger partial charge on any atom is 0.244 e. The highest BCUT2D eigenvalue weighted by Crippen LogP contribution is 2.23. The Bertz CT molecular complexity index is 1380. The number of nitrogens with zero attached hydrogens (tertiary/aromatic N) is 2. The molecule has 2 amide bonds. The summed E-state index contributed by atoms with van der Waals surface area (Å²) in [5.41, 5.74) is 2.36. The van der Waals surface area contributed by atoms with E-state index in [9.17, 15) is 22.4 Å². The lowest BCUT2D eigenvalue weighted by atomic mass is 10.0. The molecule has 0 fully saturated rings. The summed E-state index contributed by atoms with van der Waals surface area (Å²) in [4.78, 5) is 29.1. The van der Waals surface area contributed by atoms with Gasteiger partial charge in [0, 0.05) is 19.0 Å². The molecular formula is C30H36FN3O4S. The van der Waals surface area contributed by atoms with Crippen LogP contribution in [0.3, 0.4) is 0 Å². The number of anilines is 1. The number of amides is 2. The number of hydrogen-bond donors (Lipinski definition) is 1. The largest absolute Gasteiger partial charge is 0.352 e. The summed E-state index contributed by atoms with van der Waals surface area (Å²) >= 11 is 0. The maximum atomic E-state index is 14.7. The minimum absolute atomic E-state index is 0.0752. The van der Waals surface area contributed by atoms with Gasteiger partial charge in [-0.25, -0.2) is 12.8 Å². The van der Waals surface area contributed by atoms with Crippen LogP contribution in [0.2, 0.25) is 0 Å². The number of para-hydroxylation sites is 1. The van der Waals surface area contributed by atoms with Gasteiger partial charge in [0.25, 0.3) is 0 Å². The fourth-order valence-corrected chi connectivity index (χ4v) is 5.07. The second-order valence-electron chi connectivity index (χ2n) is 9.69. The Balaban J connectivity index is 2.08. The van der Waals surface area contributed by atoms with Gasteiger partial charge >= 0.3 is 0 Å². The summed E-state index contributed by atoms with van der Waals surface area (Å²) in [5.74, 6) is -1.73. The lowest BCUT2D eigenvalue weighted by Gasteiger charge is -2.34. The second kappa shape index (κ2) is 13.4. The molecule has 0 aromatic heterocycles. The van der Waals surface area contributed by atoms with Crippen molar-refractivity contribution in [2.24, 2.45) is 0 Å². The van der Waals surface area contributed by atoms with E-state index < -0.39 is 34.3 Å². The standard InChI is InChI=1S/C30H36FN3O4S/c1-5-23(3)32-30(36)28(19-24-14-7-6-8-15-24)33(20-25-16-10-9-13-22(25)2)29(35)21-34(39(4,37)38)27-18-12-11-17-26(27)31/h6-18,23,28H,5,19-21H2,1-4H3,(H,32,36). The van der Waals surface area contributed by atoms with Crippen LogP contribution in [0.25, 0.3) is 0 Å². The van der Waals surface area contributed by atoms with Gasteiger partial charge < -0.3 is 10.2 Å². The van der Waals surface area contributed by atoms with E-state index in [1.165, 1.54) is 23.1 Å². The van der Waals surface area contributed by atoms with Gasteiger partial charge in [0.2, 0.25) is 21.8 Å². The molecule has 0 aliphatic rings.